The van der Waals surface area contributed by atoms with E-state index in [2.05, 4.69) is 51.0 Å². The fourth-order valence-electron chi connectivity index (χ4n) is 4.83. The normalized spacial score (nSPS) is 22.9. The molecule has 1 N–H and O–H groups in total. The molecule has 4 heterocycles. The molecule has 0 bridgehead atoms. The van der Waals surface area contributed by atoms with Crippen LogP contribution in [0.2, 0.25) is 0 Å². The van der Waals surface area contributed by atoms with Crippen LogP contribution < -0.4 is 10.2 Å². The number of rotatable bonds is 5. The topological polar surface area (TPSA) is 34.6 Å². The molecule has 5 nitrogen and oxygen atoms in total. The Morgan fingerprint density at radius 3 is 1.90 bits per heavy atom. The molecule has 0 spiro atoms. The fraction of sp³-hybridized carbons (Fsp3) is 0.792. The van der Waals surface area contributed by atoms with E-state index >= 15 is 0 Å². The zero-order valence-electron chi connectivity index (χ0n) is 18.9. The number of piperidine rings is 2. The van der Waals surface area contributed by atoms with Crippen molar-refractivity contribution in [2.24, 2.45) is 11.8 Å². The third-order valence-corrected chi connectivity index (χ3v) is 6.54. The second kappa shape index (κ2) is 12.5. The molecule has 1 aromatic heterocycles. The number of anilines is 1. The summed E-state index contributed by atoms with van der Waals surface area (Å²) in [6.45, 7) is 16.7. The molecule has 5 heteroatoms. The first-order valence-electron chi connectivity index (χ1n) is 12.1. The van der Waals surface area contributed by atoms with Gasteiger partial charge in [0.05, 0.1) is 0 Å². The Labute approximate surface area is 178 Å². The van der Waals surface area contributed by atoms with Gasteiger partial charge in [0.2, 0.25) is 0 Å². The summed E-state index contributed by atoms with van der Waals surface area (Å²) in [5, 5.41) is 3.48. The number of pyridine rings is 1. The molecular formula is C24H43N5. The number of nitrogens with one attached hydrogen (secondary N) is 1. The van der Waals surface area contributed by atoms with Crippen molar-refractivity contribution < 1.29 is 0 Å². The highest BCUT2D eigenvalue weighted by molar-refractivity contribution is 5.37. The highest BCUT2D eigenvalue weighted by Crippen LogP contribution is 2.23. The quantitative estimate of drug-likeness (QED) is 0.819. The summed E-state index contributed by atoms with van der Waals surface area (Å²) >= 11 is 0. The molecule has 29 heavy (non-hydrogen) atoms. The smallest absolute Gasteiger partial charge is 0.128 e. The van der Waals surface area contributed by atoms with Crippen molar-refractivity contribution in [3.8, 4) is 0 Å². The molecule has 164 valence electrons. The van der Waals surface area contributed by atoms with Gasteiger partial charge in [-0.05, 0) is 62.7 Å². The molecule has 1 aromatic rings. The minimum absolute atomic E-state index is 0.867. The summed E-state index contributed by atoms with van der Waals surface area (Å²) in [7, 11) is 0. The van der Waals surface area contributed by atoms with Crippen molar-refractivity contribution in [1.29, 1.82) is 0 Å². The number of piperazine rings is 1. The molecule has 0 amide bonds. The van der Waals surface area contributed by atoms with E-state index in [0.29, 0.717) is 0 Å². The van der Waals surface area contributed by atoms with E-state index in [4.69, 9.17) is 0 Å². The van der Waals surface area contributed by atoms with Crippen molar-refractivity contribution in [2.75, 3.05) is 70.3 Å². The third kappa shape index (κ3) is 7.54. The minimum Gasteiger partial charge on any atom is -0.357 e. The van der Waals surface area contributed by atoms with E-state index in [1.165, 1.54) is 84.5 Å². The van der Waals surface area contributed by atoms with Crippen LogP contribution in [0.3, 0.4) is 0 Å². The lowest BCUT2D eigenvalue weighted by molar-refractivity contribution is 0.0961. The van der Waals surface area contributed by atoms with E-state index in [1.54, 1.807) is 0 Å². The molecule has 4 rings (SSSR count). The summed E-state index contributed by atoms with van der Waals surface area (Å²) in [4.78, 5) is 12.4. The molecular weight excluding hydrogens is 358 g/mol. The van der Waals surface area contributed by atoms with Gasteiger partial charge in [0.1, 0.15) is 5.82 Å². The molecule has 3 fully saturated rings. The second-order valence-corrected chi connectivity index (χ2v) is 9.12. The maximum absolute atomic E-state index is 4.51. The largest absolute Gasteiger partial charge is 0.357 e. The summed E-state index contributed by atoms with van der Waals surface area (Å²) in [6.07, 6.45) is 8.52. The number of aromatic nitrogens is 1. The van der Waals surface area contributed by atoms with Crippen molar-refractivity contribution in [3.63, 3.8) is 0 Å². The Hall–Kier alpha value is -1.17. The molecule has 0 aliphatic carbocycles. The third-order valence-electron chi connectivity index (χ3n) is 6.54. The predicted molar refractivity (Wildman–Crippen MR) is 124 cm³/mol. The van der Waals surface area contributed by atoms with Gasteiger partial charge in [0, 0.05) is 58.6 Å². The van der Waals surface area contributed by atoms with Crippen LogP contribution in [0, 0.1) is 11.8 Å². The Morgan fingerprint density at radius 1 is 0.828 bits per heavy atom. The summed E-state index contributed by atoms with van der Waals surface area (Å²) in [6, 6.07) is 6.24. The maximum atomic E-state index is 4.51. The highest BCUT2D eigenvalue weighted by atomic mass is 15.3. The molecule has 3 aliphatic heterocycles. The summed E-state index contributed by atoms with van der Waals surface area (Å²) in [5.41, 5.74) is 0. The molecule has 0 radical (unpaired) electrons. The van der Waals surface area contributed by atoms with Crippen LogP contribution in [0.4, 0.5) is 5.82 Å². The first-order valence-corrected chi connectivity index (χ1v) is 12.1. The minimum atomic E-state index is 0.867. The fourth-order valence-corrected chi connectivity index (χ4v) is 4.83. The monoisotopic (exact) mass is 401 g/mol. The van der Waals surface area contributed by atoms with E-state index in [9.17, 15) is 0 Å². The standard InChI is InChI=1S/C21H35N5.C3H8/c1-2-8-23-21(3-1)26-11-6-20(7-12-26)18-25-15-13-24(14-16-25)17-19-4-9-22-10-5-19;1-3-2/h1-3,8,19-20,22H,4-7,9-18H2;3H2,1-2H3. The van der Waals surface area contributed by atoms with Gasteiger partial charge >= 0.3 is 0 Å². The predicted octanol–water partition coefficient (Wildman–Crippen LogP) is 3.33. The number of hydrogen-bond donors (Lipinski definition) is 1. The Balaban J connectivity index is 0.000000755. The first-order chi connectivity index (χ1) is 14.3. The zero-order chi connectivity index (χ0) is 20.3. The lowest BCUT2D eigenvalue weighted by Gasteiger charge is -2.40. The Morgan fingerprint density at radius 2 is 1.38 bits per heavy atom. The number of hydrogen-bond acceptors (Lipinski definition) is 5. The van der Waals surface area contributed by atoms with Gasteiger partial charge in [-0.15, -0.1) is 0 Å². The molecule has 3 aliphatic rings. The van der Waals surface area contributed by atoms with Crippen LogP contribution in [0.1, 0.15) is 46.0 Å². The van der Waals surface area contributed by atoms with Gasteiger partial charge in [0.25, 0.3) is 0 Å². The number of nitrogens with zero attached hydrogens (tertiary/aromatic N) is 4. The summed E-state index contributed by atoms with van der Waals surface area (Å²) in [5.74, 6) is 2.95. The molecule has 0 aromatic carbocycles. The molecule has 0 saturated carbocycles. The van der Waals surface area contributed by atoms with Crippen LogP contribution in [0.5, 0.6) is 0 Å². The van der Waals surface area contributed by atoms with Crippen LogP contribution in [-0.4, -0.2) is 80.2 Å². The van der Waals surface area contributed by atoms with Gasteiger partial charge in [0.15, 0.2) is 0 Å². The van der Waals surface area contributed by atoms with Gasteiger partial charge in [-0.3, -0.25) is 0 Å². The van der Waals surface area contributed by atoms with E-state index in [0.717, 1.165) is 30.7 Å². The van der Waals surface area contributed by atoms with E-state index in [1.807, 2.05) is 12.3 Å². The van der Waals surface area contributed by atoms with Crippen molar-refractivity contribution in [1.82, 2.24) is 20.1 Å². The molecule has 0 unspecified atom stereocenters. The Bertz CT molecular complexity index is 529. The Kier molecular flexibility index (Phi) is 9.71. The van der Waals surface area contributed by atoms with Gasteiger partial charge in [-0.25, -0.2) is 4.98 Å². The summed E-state index contributed by atoms with van der Waals surface area (Å²) < 4.78 is 0. The second-order valence-electron chi connectivity index (χ2n) is 9.12. The van der Waals surface area contributed by atoms with Crippen LogP contribution in [0.15, 0.2) is 24.4 Å². The van der Waals surface area contributed by atoms with E-state index < -0.39 is 0 Å². The lowest BCUT2D eigenvalue weighted by Crippen LogP contribution is -2.50. The molecule has 0 atom stereocenters. The van der Waals surface area contributed by atoms with Crippen molar-refractivity contribution >= 4 is 5.82 Å². The maximum Gasteiger partial charge on any atom is 0.128 e. The average Bonchev–Trinajstić information content (AvgIpc) is 2.78. The van der Waals surface area contributed by atoms with Crippen LogP contribution in [-0.2, 0) is 0 Å². The lowest BCUT2D eigenvalue weighted by atomic mass is 9.95. The molecule has 3 saturated heterocycles. The van der Waals surface area contributed by atoms with Gasteiger partial charge in [-0.1, -0.05) is 26.3 Å². The SMILES string of the molecule is CCC.c1ccc(N2CCC(CN3CCN(CC4CCNCC4)CC3)CC2)nc1. The first kappa shape index (κ1) is 22.5. The van der Waals surface area contributed by atoms with Gasteiger partial charge < -0.3 is 20.0 Å². The van der Waals surface area contributed by atoms with Crippen molar-refractivity contribution in [2.45, 2.75) is 46.0 Å². The van der Waals surface area contributed by atoms with Crippen LogP contribution >= 0.6 is 0 Å². The van der Waals surface area contributed by atoms with E-state index in [-0.39, 0.29) is 0 Å². The van der Waals surface area contributed by atoms with Crippen LogP contribution in [0.25, 0.3) is 0 Å². The van der Waals surface area contributed by atoms with Gasteiger partial charge in [-0.2, -0.15) is 0 Å². The van der Waals surface area contributed by atoms with Crippen molar-refractivity contribution in [3.05, 3.63) is 24.4 Å². The zero-order valence-corrected chi connectivity index (χ0v) is 18.9. The average molecular weight is 402 g/mol. The highest BCUT2D eigenvalue weighted by Gasteiger charge is 2.25.